The first-order valence-corrected chi connectivity index (χ1v) is 8.50. The van der Waals surface area contributed by atoms with Gasteiger partial charge in [0.25, 0.3) is 0 Å². The van der Waals surface area contributed by atoms with Crippen molar-refractivity contribution in [2.45, 2.75) is 24.1 Å². The van der Waals surface area contributed by atoms with E-state index in [9.17, 15) is 21.6 Å². The van der Waals surface area contributed by atoms with E-state index in [1.807, 2.05) is 19.0 Å². The Kier molecular flexibility index (Phi) is 4.93. The van der Waals surface area contributed by atoms with Crippen molar-refractivity contribution in [2.24, 2.45) is 5.41 Å². The van der Waals surface area contributed by atoms with E-state index < -0.39 is 22.1 Å². The third kappa shape index (κ3) is 5.36. The van der Waals surface area contributed by atoms with Crippen LogP contribution < -0.4 is 9.46 Å². The molecule has 2 rings (SSSR count). The van der Waals surface area contributed by atoms with Crippen LogP contribution >= 0.6 is 0 Å². The molecule has 1 N–H and O–H groups in total. The van der Waals surface area contributed by atoms with Gasteiger partial charge in [0.05, 0.1) is 4.90 Å². The van der Waals surface area contributed by atoms with Crippen LogP contribution in [0.15, 0.2) is 29.2 Å². The van der Waals surface area contributed by atoms with Gasteiger partial charge in [-0.25, -0.2) is 13.1 Å². The highest BCUT2D eigenvalue weighted by Crippen LogP contribution is 2.45. The number of benzene rings is 1. The van der Waals surface area contributed by atoms with E-state index in [1.165, 1.54) is 0 Å². The minimum Gasteiger partial charge on any atom is -0.406 e. The molecule has 0 unspecified atom stereocenters. The summed E-state index contributed by atoms with van der Waals surface area (Å²) in [4.78, 5) is 1.91. The van der Waals surface area contributed by atoms with Gasteiger partial charge in [-0.15, -0.1) is 13.2 Å². The molecule has 9 heteroatoms. The molecule has 0 spiro atoms. The van der Waals surface area contributed by atoms with Crippen LogP contribution in [0.2, 0.25) is 0 Å². The molecule has 1 aromatic carbocycles. The first-order valence-electron chi connectivity index (χ1n) is 7.02. The van der Waals surface area contributed by atoms with E-state index in [0.717, 1.165) is 43.7 Å². The normalized spacial score (nSPS) is 17.3. The largest absolute Gasteiger partial charge is 0.573 e. The number of halogens is 3. The maximum absolute atomic E-state index is 12.2. The van der Waals surface area contributed by atoms with Crippen molar-refractivity contribution in [1.29, 1.82) is 0 Å². The Morgan fingerprint density at radius 3 is 2.22 bits per heavy atom. The van der Waals surface area contributed by atoms with Crippen LogP contribution in [0, 0.1) is 5.41 Å². The number of rotatable bonds is 7. The summed E-state index contributed by atoms with van der Waals surface area (Å²) in [6, 6.07) is 4.15. The summed E-state index contributed by atoms with van der Waals surface area (Å²) in [5.74, 6) is -0.456. The van der Waals surface area contributed by atoms with Crippen molar-refractivity contribution in [2.75, 3.05) is 27.2 Å². The summed E-state index contributed by atoms with van der Waals surface area (Å²) in [7, 11) is 0.0941. The average Bonchev–Trinajstić information content (AvgIpc) is 3.15. The zero-order valence-corrected chi connectivity index (χ0v) is 13.7. The quantitative estimate of drug-likeness (QED) is 0.817. The first-order chi connectivity index (χ1) is 10.5. The Morgan fingerprint density at radius 2 is 1.78 bits per heavy atom. The summed E-state index contributed by atoms with van der Waals surface area (Å²) in [5, 5.41) is 0. The van der Waals surface area contributed by atoms with Gasteiger partial charge in [-0.1, -0.05) is 0 Å². The summed E-state index contributed by atoms with van der Waals surface area (Å²) in [5.41, 5.74) is -0.0457. The molecule has 0 aliphatic heterocycles. The second-order valence-corrected chi connectivity index (χ2v) is 7.85. The van der Waals surface area contributed by atoms with Crippen LogP contribution in [-0.2, 0) is 10.0 Å². The number of hydrogen-bond donors (Lipinski definition) is 1. The molecule has 0 radical (unpaired) electrons. The van der Waals surface area contributed by atoms with Crippen molar-refractivity contribution in [3.05, 3.63) is 24.3 Å². The van der Waals surface area contributed by atoms with E-state index in [2.05, 4.69) is 9.46 Å². The van der Waals surface area contributed by atoms with E-state index in [0.29, 0.717) is 6.54 Å². The van der Waals surface area contributed by atoms with Crippen LogP contribution in [-0.4, -0.2) is 46.9 Å². The molecule has 23 heavy (non-hydrogen) atoms. The summed E-state index contributed by atoms with van der Waals surface area (Å²) in [6.45, 7) is 1.10. The Bertz CT molecular complexity index is 638. The van der Waals surface area contributed by atoms with Gasteiger partial charge in [-0.3, -0.25) is 0 Å². The molecule has 0 aromatic heterocycles. The van der Waals surface area contributed by atoms with Gasteiger partial charge >= 0.3 is 6.36 Å². The molecule has 0 heterocycles. The van der Waals surface area contributed by atoms with Gasteiger partial charge in [-0.2, -0.15) is 0 Å². The van der Waals surface area contributed by atoms with Gasteiger partial charge in [0.2, 0.25) is 10.0 Å². The van der Waals surface area contributed by atoms with Crippen LogP contribution in [0.25, 0.3) is 0 Å². The van der Waals surface area contributed by atoms with Gasteiger partial charge in [-0.05, 0) is 56.6 Å². The molecule has 130 valence electrons. The SMILES string of the molecule is CN(C)CC1(CNS(=O)(=O)c2ccc(OC(F)(F)F)cc2)CC1. The number of hydrogen-bond acceptors (Lipinski definition) is 4. The van der Waals surface area contributed by atoms with Crippen LogP contribution in [0.1, 0.15) is 12.8 Å². The fourth-order valence-electron chi connectivity index (χ4n) is 2.39. The van der Waals surface area contributed by atoms with Crippen molar-refractivity contribution in [3.8, 4) is 5.75 Å². The fourth-order valence-corrected chi connectivity index (χ4v) is 3.55. The maximum atomic E-state index is 12.2. The molecule has 0 bridgehead atoms. The van der Waals surface area contributed by atoms with Gasteiger partial charge in [0.1, 0.15) is 5.75 Å². The monoisotopic (exact) mass is 352 g/mol. The van der Waals surface area contributed by atoms with Crippen LogP contribution in [0.5, 0.6) is 5.75 Å². The highest BCUT2D eigenvalue weighted by atomic mass is 32.2. The Balaban J connectivity index is 2.00. The lowest BCUT2D eigenvalue weighted by Crippen LogP contribution is -2.35. The molecule has 0 amide bonds. The zero-order chi connectivity index (χ0) is 17.3. The van der Waals surface area contributed by atoms with Crippen molar-refractivity contribution in [1.82, 2.24) is 9.62 Å². The second-order valence-electron chi connectivity index (χ2n) is 6.08. The molecule has 5 nitrogen and oxygen atoms in total. The average molecular weight is 352 g/mol. The topological polar surface area (TPSA) is 58.6 Å². The Labute approximate surface area is 133 Å². The van der Waals surface area contributed by atoms with Crippen LogP contribution in [0.3, 0.4) is 0 Å². The highest BCUT2D eigenvalue weighted by molar-refractivity contribution is 7.89. The van der Waals surface area contributed by atoms with Crippen molar-refractivity contribution in [3.63, 3.8) is 0 Å². The van der Waals surface area contributed by atoms with E-state index in [4.69, 9.17) is 0 Å². The molecule has 0 atom stereocenters. The lowest BCUT2D eigenvalue weighted by atomic mass is 10.1. The lowest BCUT2D eigenvalue weighted by molar-refractivity contribution is -0.274. The lowest BCUT2D eigenvalue weighted by Gasteiger charge is -2.20. The number of nitrogens with one attached hydrogen (secondary N) is 1. The number of ether oxygens (including phenoxy) is 1. The summed E-state index contributed by atoms with van der Waals surface area (Å²) >= 11 is 0. The molecule has 0 saturated heterocycles. The molecule has 1 aliphatic carbocycles. The van der Waals surface area contributed by atoms with Gasteiger partial charge in [0, 0.05) is 13.1 Å². The third-order valence-corrected chi connectivity index (χ3v) is 5.03. The number of sulfonamides is 1. The van der Waals surface area contributed by atoms with E-state index in [1.54, 1.807) is 0 Å². The summed E-state index contributed by atoms with van der Waals surface area (Å²) in [6.07, 6.45) is -2.90. The van der Waals surface area contributed by atoms with Crippen LogP contribution in [0.4, 0.5) is 13.2 Å². The highest BCUT2D eigenvalue weighted by Gasteiger charge is 2.43. The van der Waals surface area contributed by atoms with E-state index in [-0.39, 0.29) is 10.3 Å². The van der Waals surface area contributed by atoms with E-state index >= 15 is 0 Å². The standard InChI is InChI=1S/C14H19F3N2O3S/c1-19(2)10-13(7-8-13)9-18-23(20,21)12-5-3-11(4-6-12)22-14(15,16)17/h3-6,18H,7-10H2,1-2H3. The predicted molar refractivity (Wildman–Crippen MR) is 78.5 cm³/mol. The molecule has 1 aliphatic rings. The molecule has 1 fully saturated rings. The Morgan fingerprint density at radius 1 is 1.22 bits per heavy atom. The fraction of sp³-hybridized carbons (Fsp3) is 0.571. The van der Waals surface area contributed by atoms with Crippen molar-refractivity contribution < 1.29 is 26.3 Å². The minimum atomic E-state index is -4.80. The smallest absolute Gasteiger partial charge is 0.406 e. The predicted octanol–water partition coefficient (Wildman–Crippen LogP) is 2.21. The molecular weight excluding hydrogens is 333 g/mol. The third-order valence-electron chi connectivity index (χ3n) is 3.61. The maximum Gasteiger partial charge on any atom is 0.573 e. The number of alkyl halides is 3. The Hall–Kier alpha value is -1.32. The zero-order valence-electron chi connectivity index (χ0n) is 12.9. The summed E-state index contributed by atoms with van der Waals surface area (Å²) < 4.78 is 66.9. The van der Waals surface area contributed by atoms with Crippen molar-refractivity contribution >= 4 is 10.0 Å². The molecular formula is C14H19F3N2O3S. The second kappa shape index (κ2) is 6.29. The minimum absolute atomic E-state index is 0.0457. The first kappa shape index (κ1) is 18.0. The van der Waals surface area contributed by atoms with Gasteiger partial charge in [0.15, 0.2) is 0 Å². The molecule has 1 aromatic rings. The molecule has 1 saturated carbocycles. The number of nitrogens with zero attached hydrogens (tertiary/aromatic N) is 1. The van der Waals surface area contributed by atoms with Gasteiger partial charge < -0.3 is 9.64 Å².